The smallest absolute Gasteiger partial charge is 0.262 e. The van der Waals surface area contributed by atoms with E-state index in [0.29, 0.717) is 17.9 Å². The molecule has 38 heavy (non-hydrogen) atoms. The topological polar surface area (TPSA) is 80.7 Å². The zero-order valence-electron chi connectivity index (χ0n) is 21.6. The molecule has 0 saturated carbocycles. The summed E-state index contributed by atoms with van der Waals surface area (Å²) in [4.78, 5) is 28.2. The minimum Gasteiger partial charge on any atom is -0.497 e. The Morgan fingerprint density at radius 1 is 0.974 bits per heavy atom. The van der Waals surface area contributed by atoms with E-state index in [2.05, 4.69) is 0 Å². The summed E-state index contributed by atoms with van der Waals surface area (Å²) in [6.45, 7) is 0.125. The van der Waals surface area contributed by atoms with Gasteiger partial charge in [0.2, 0.25) is 0 Å². The first-order chi connectivity index (χ1) is 18.4. The Morgan fingerprint density at radius 3 is 2.39 bits per heavy atom. The van der Waals surface area contributed by atoms with Gasteiger partial charge in [-0.1, -0.05) is 30.3 Å². The van der Waals surface area contributed by atoms with Crippen LogP contribution in [-0.2, 0) is 9.53 Å². The second kappa shape index (κ2) is 12.3. The summed E-state index contributed by atoms with van der Waals surface area (Å²) in [7, 11) is 4.70. The van der Waals surface area contributed by atoms with Crippen LogP contribution in [0.4, 0.5) is 4.39 Å². The molecule has 4 rings (SSSR count). The average Bonchev–Trinajstić information content (AvgIpc) is 3.41. The van der Waals surface area contributed by atoms with Crippen molar-refractivity contribution in [1.29, 1.82) is 0 Å². The number of nitrogens with zero attached hydrogens (tertiary/aromatic N) is 3. The largest absolute Gasteiger partial charge is 0.497 e. The van der Waals surface area contributed by atoms with E-state index < -0.39 is 11.7 Å². The van der Waals surface area contributed by atoms with Gasteiger partial charge in [0.15, 0.2) is 0 Å². The predicted molar refractivity (Wildman–Crippen MR) is 141 cm³/mol. The van der Waals surface area contributed by atoms with Crippen molar-refractivity contribution in [2.24, 2.45) is 5.10 Å². The van der Waals surface area contributed by atoms with Crippen molar-refractivity contribution >= 4 is 17.5 Å². The molecule has 198 valence electrons. The van der Waals surface area contributed by atoms with E-state index >= 15 is 0 Å². The van der Waals surface area contributed by atoms with Crippen LogP contribution >= 0.6 is 0 Å². The Labute approximate surface area is 221 Å². The van der Waals surface area contributed by atoms with Crippen molar-refractivity contribution in [3.05, 3.63) is 95.3 Å². The number of ether oxygens (including phenoxy) is 3. The molecule has 0 N–H and O–H groups in total. The molecule has 0 aromatic heterocycles. The molecule has 1 aliphatic rings. The molecule has 1 unspecified atom stereocenters. The van der Waals surface area contributed by atoms with Gasteiger partial charge in [-0.25, -0.2) is 9.40 Å². The number of halogens is 1. The van der Waals surface area contributed by atoms with E-state index in [0.717, 1.165) is 22.9 Å². The number of amides is 2. The van der Waals surface area contributed by atoms with Crippen LogP contribution in [0.5, 0.6) is 11.5 Å². The fourth-order valence-electron chi connectivity index (χ4n) is 4.30. The van der Waals surface area contributed by atoms with Crippen LogP contribution in [0.2, 0.25) is 0 Å². The molecule has 1 heterocycles. The molecule has 0 bridgehead atoms. The van der Waals surface area contributed by atoms with E-state index in [9.17, 15) is 14.0 Å². The molecule has 1 atom stereocenters. The maximum atomic E-state index is 13.8. The maximum absolute atomic E-state index is 13.8. The molecule has 9 heteroatoms. The number of methoxy groups -OCH3 is 3. The van der Waals surface area contributed by atoms with Gasteiger partial charge >= 0.3 is 0 Å². The highest BCUT2D eigenvalue weighted by molar-refractivity contribution is 6.04. The number of hydrogen-bond donors (Lipinski definition) is 0. The minimum absolute atomic E-state index is 0.155. The molecule has 0 fully saturated rings. The Kier molecular flexibility index (Phi) is 8.70. The quantitative estimate of drug-likeness (QED) is 0.399. The third kappa shape index (κ3) is 6.18. The fourth-order valence-corrected chi connectivity index (χ4v) is 4.30. The number of hydrogen-bond acceptors (Lipinski definition) is 6. The normalized spacial score (nSPS) is 14.7. The van der Waals surface area contributed by atoms with Gasteiger partial charge in [0, 0.05) is 31.2 Å². The van der Waals surface area contributed by atoms with Gasteiger partial charge < -0.3 is 19.1 Å². The molecular weight excluding hydrogens is 489 g/mol. The van der Waals surface area contributed by atoms with Gasteiger partial charge in [0.1, 0.15) is 23.9 Å². The first-order valence-electron chi connectivity index (χ1n) is 12.1. The number of carbonyl (C=O) groups excluding carboxylic acids is 2. The molecule has 0 spiro atoms. The minimum atomic E-state index is -0.527. The summed E-state index contributed by atoms with van der Waals surface area (Å²) in [5.74, 6) is 0.0181. The van der Waals surface area contributed by atoms with E-state index in [1.54, 1.807) is 14.2 Å². The van der Waals surface area contributed by atoms with Crippen LogP contribution in [0.3, 0.4) is 0 Å². The Morgan fingerprint density at radius 2 is 1.71 bits per heavy atom. The lowest BCUT2D eigenvalue weighted by molar-refractivity contribution is -0.133. The van der Waals surface area contributed by atoms with Gasteiger partial charge in [-0.3, -0.25) is 9.59 Å². The summed E-state index contributed by atoms with van der Waals surface area (Å²) >= 11 is 0. The molecule has 3 aromatic rings. The number of benzene rings is 3. The van der Waals surface area contributed by atoms with Gasteiger partial charge in [-0.15, -0.1) is 0 Å². The second-order valence-corrected chi connectivity index (χ2v) is 8.74. The summed E-state index contributed by atoms with van der Waals surface area (Å²) < 4.78 is 29.6. The van der Waals surface area contributed by atoms with Gasteiger partial charge in [0.25, 0.3) is 11.8 Å². The van der Waals surface area contributed by atoms with Crippen LogP contribution in [0.1, 0.15) is 33.9 Å². The van der Waals surface area contributed by atoms with E-state index in [1.807, 2.05) is 48.5 Å². The van der Waals surface area contributed by atoms with Crippen LogP contribution in [0.15, 0.2) is 77.9 Å². The Hall–Kier alpha value is -4.24. The highest BCUT2D eigenvalue weighted by Gasteiger charge is 2.34. The number of rotatable bonds is 10. The number of hydrazone groups is 1. The summed E-state index contributed by atoms with van der Waals surface area (Å²) in [6.07, 6.45) is 0.473. The molecule has 2 amide bonds. The molecule has 1 aliphatic heterocycles. The van der Waals surface area contributed by atoms with Crippen molar-refractivity contribution in [3.8, 4) is 11.5 Å². The second-order valence-electron chi connectivity index (χ2n) is 8.74. The predicted octanol–water partition coefficient (Wildman–Crippen LogP) is 4.31. The first kappa shape index (κ1) is 26.8. The summed E-state index contributed by atoms with van der Waals surface area (Å²) in [5, 5.41) is 6.12. The Balaban J connectivity index is 1.64. The van der Waals surface area contributed by atoms with E-state index in [4.69, 9.17) is 19.3 Å². The van der Waals surface area contributed by atoms with Crippen LogP contribution < -0.4 is 9.47 Å². The van der Waals surface area contributed by atoms with Crippen LogP contribution in [0, 0.1) is 5.82 Å². The molecule has 0 saturated heterocycles. The third-order valence-corrected chi connectivity index (χ3v) is 6.32. The Bertz CT molecular complexity index is 1310. The first-order valence-corrected chi connectivity index (χ1v) is 12.1. The highest BCUT2D eigenvalue weighted by Crippen LogP contribution is 2.34. The molecular formula is C29H30FN3O5. The van der Waals surface area contributed by atoms with Crippen molar-refractivity contribution in [2.45, 2.75) is 12.5 Å². The van der Waals surface area contributed by atoms with E-state index in [1.165, 1.54) is 35.2 Å². The van der Waals surface area contributed by atoms with Gasteiger partial charge in [-0.2, -0.15) is 5.10 Å². The lowest BCUT2D eigenvalue weighted by Gasteiger charge is -2.27. The molecule has 0 radical (unpaired) electrons. The fraction of sp³-hybridized carbons (Fsp3) is 0.276. The summed E-state index contributed by atoms with van der Waals surface area (Å²) in [5.41, 5.74) is 2.59. The monoisotopic (exact) mass is 519 g/mol. The SMILES string of the molecule is COCCN(CC(=O)N1N=C(c2cccc(OC)c2)CC1c1ccc(OC)cc1)C(=O)c1cccc(F)c1. The average molecular weight is 520 g/mol. The standard InChI is InChI=1S/C29H30FN3O5/c1-36-15-14-32(29(35)22-7-4-8-23(30)16-22)19-28(34)33-27(20-10-12-24(37-2)13-11-20)18-26(31-33)21-6-5-9-25(17-21)38-3/h4-13,16-17,27H,14-15,18-19H2,1-3H3. The molecule has 0 aliphatic carbocycles. The van der Waals surface area contributed by atoms with Crippen molar-refractivity contribution in [3.63, 3.8) is 0 Å². The van der Waals surface area contributed by atoms with Gasteiger partial charge in [0.05, 0.1) is 32.6 Å². The number of carbonyl (C=O) groups is 2. The maximum Gasteiger partial charge on any atom is 0.262 e. The highest BCUT2D eigenvalue weighted by atomic mass is 19.1. The van der Waals surface area contributed by atoms with Crippen molar-refractivity contribution in [1.82, 2.24) is 9.91 Å². The third-order valence-electron chi connectivity index (χ3n) is 6.32. The van der Waals surface area contributed by atoms with Crippen LogP contribution in [0.25, 0.3) is 0 Å². The zero-order chi connectivity index (χ0) is 27.1. The lowest BCUT2D eigenvalue weighted by atomic mass is 9.98. The van der Waals surface area contributed by atoms with E-state index in [-0.39, 0.29) is 37.2 Å². The van der Waals surface area contributed by atoms with Crippen molar-refractivity contribution in [2.75, 3.05) is 41.0 Å². The van der Waals surface area contributed by atoms with Crippen molar-refractivity contribution < 1.29 is 28.2 Å². The molecule has 8 nitrogen and oxygen atoms in total. The summed E-state index contributed by atoms with van der Waals surface area (Å²) in [6, 6.07) is 20.0. The molecule has 3 aromatic carbocycles. The zero-order valence-corrected chi connectivity index (χ0v) is 21.6. The van der Waals surface area contributed by atoms with Crippen LogP contribution in [-0.4, -0.2) is 68.5 Å². The van der Waals surface area contributed by atoms with Gasteiger partial charge in [-0.05, 0) is 48.0 Å². The lowest BCUT2D eigenvalue weighted by Crippen LogP contribution is -2.42.